The number of carbonyl (C=O) groups excluding carboxylic acids is 3. The highest BCUT2D eigenvalue weighted by Crippen LogP contribution is 2.12. The van der Waals surface area contributed by atoms with Gasteiger partial charge in [-0.1, -0.05) is 24.0 Å². The van der Waals surface area contributed by atoms with Crippen LogP contribution >= 0.6 is 0 Å². The molecular weight excluding hydrogens is 501 g/mol. The second kappa shape index (κ2) is 14.5. The number of nitrogens with one attached hydrogen (secondary N) is 2. The van der Waals surface area contributed by atoms with Crippen molar-refractivity contribution in [2.75, 3.05) is 11.9 Å². The largest absolute Gasteiger partial charge is 0.388 e. The van der Waals surface area contributed by atoms with Gasteiger partial charge in [0.2, 0.25) is 5.91 Å². The van der Waals surface area contributed by atoms with Gasteiger partial charge in [0.15, 0.2) is 5.78 Å². The molecule has 0 unspecified atom stereocenters. The van der Waals surface area contributed by atoms with Crippen LogP contribution < -0.4 is 16.4 Å². The number of unbranched alkanes of at least 4 members (excludes halogenated alkanes) is 1. The number of amides is 2. The highest BCUT2D eigenvalue weighted by molar-refractivity contribution is 5.98. The number of nitrogens with two attached hydrogens (primary N) is 1. The Morgan fingerprint density at radius 3 is 2.03 bits per heavy atom. The lowest BCUT2D eigenvalue weighted by atomic mass is 10.1. The molecule has 0 saturated carbocycles. The minimum atomic E-state index is -1.64. The molecule has 0 aromatic heterocycles. The number of Topliss-reactive ketones (excluding diaryl/α,β-unsaturated/α-hetero) is 1. The monoisotopic (exact) mass is 531 g/mol. The summed E-state index contributed by atoms with van der Waals surface area (Å²) in [4.78, 5) is 36.2. The van der Waals surface area contributed by atoms with Gasteiger partial charge >= 0.3 is 0 Å². The van der Waals surface area contributed by atoms with Gasteiger partial charge in [0, 0.05) is 28.8 Å². The first-order chi connectivity index (χ1) is 18.7. The van der Waals surface area contributed by atoms with E-state index in [1.54, 1.807) is 48.5 Å². The van der Waals surface area contributed by atoms with Crippen molar-refractivity contribution in [1.82, 2.24) is 5.32 Å². The van der Waals surface area contributed by atoms with Crippen molar-refractivity contribution in [1.29, 1.82) is 0 Å². The molecule has 0 fully saturated rings. The number of rotatable bonds is 11. The van der Waals surface area contributed by atoms with E-state index in [1.807, 2.05) is 0 Å². The summed E-state index contributed by atoms with van der Waals surface area (Å²) >= 11 is 0. The lowest BCUT2D eigenvalue weighted by Crippen LogP contribution is -2.53. The van der Waals surface area contributed by atoms with Gasteiger partial charge in [-0.25, -0.2) is 4.39 Å². The predicted molar refractivity (Wildman–Crippen MR) is 145 cm³/mol. The van der Waals surface area contributed by atoms with Crippen molar-refractivity contribution >= 4 is 23.3 Å². The Bertz CT molecular complexity index is 1330. The van der Waals surface area contributed by atoms with E-state index < -0.39 is 30.6 Å². The number of carbonyl (C=O) groups is 3. The SMILES string of the molecule is N[C@@H](O)[C@H](NC(=O)c1ccc(C#Cc2ccc(NC(=O)CCCCc3ccc(F)cc3)cc2)cc1)C(=O)CO. The first kappa shape index (κ1) is 29.2. The summed E-state index contributed by atoms with van der Waals surface area (Å²) < 4.78 is 13.0. The summed E-state index contributed by atoms with van der Waals surface area (Å²) in [5.74, 6) is 4.23. The van der Waals surface area contributed by atoms with Crippen molar-refractivity contribution in [2.24, 2.45) is 5.73 Å². The third-order valence-electron chi connectivity index (χ3n) is 5.83. The number of anilines is 1. The molecule has 3 rings (SSSR count). The average molecular weight is 532 g/mol. The Balaban J connectivity index is 1.46. The van der Waals surface area contributed by atoms with E-state index in [9.17, 15) is 23.9 Å². The molecule has 0 bridgehead atoms. The van der Waals surface area contributed by atoms with Crippen LogP contribution in [0.1, 0.15) is 46.3 Å². The quantitative estimate of drug-likeness (QED) is 0.146. The number of aliphatic hydroxyl groups is 2. The number of aliphatic hydroxyl groups excluding tert-OH is 2. The van der Waals surface area contributed by atoms with E-state index in [4.69, 9.17) is 10.8 Å². The van der Waals surface area contributed by atoms with Crippen molar-refractivity contribution in [2.45, 2.75) is 38.0 Å². The molecule has 0 aliphatic carbocycles. The van der Waals surface area contributed by atoms with Crippen LogP contribution in [0.3, 0.4) is 0 Å². The number of hydrogen-bond donors (Lipinski definition) is 5. The van der Waals surface area contributed by atoms with Crippen molar-refractivity contribution < 1.29 is 29.0 Å². The van der Waals surface area contributed by atoms with Gasteiger partial charge in [-0.05, 0) is 85.5 Å². The van der Waals surface area contributed by atoms with E-state index in [0.717, 1.165) is 30.4 Å². The molecule has 0 aliphatic rings. The first-order valence-electron chi connectivity index (χ1n) is 12.4. The van der Waals surface area contributed by atoms with Crippen LogP contribution in [0.2, 0.25) is 0 Å². The summed E-state index contributed by atoms with van der Waals surface area (Å²) in [5, 5.41) is 23.6. The Morgan fingerprint density at radius 2 is 1.46 bits per heavy atom. The van der Waals surface area contributed by atoms with E-state index in [0.29, 0.717) is 17.7 Å². The second-order valence-corrected chi connectivity index (χ2v) is 8.85. The van der Waals surface area contributed by atoms with Gasteiger partial charge in [-0.3, -0.25) is 14.4 Å². The van der Waals surface area contributed by atoms with Crippen LogP contribution in [0.15, 0.2) is 72.8 Å². The third kappa shape index (κ3) is 9.47. The highest BCUT2D eigenvalue weighted by atomic mass is 19.1. The van der Waals surface area contributed by atoms with E-state index >= 15 is 0 Å². The minimum Gasteiger partial charge on any atom is -0.388 e. The molecule has 0 saturated heterocycles. The zero-order valence-corrected chi connectivity index (χ0v) is 21.2. The van der Waals surface area contributed by atoms with Crippen LogP contribution in [0.25, 0.3) is 0 Å². The van der Waals surface area contributed by atoms with Gasteiger partial charge in [0.25, 0.3) is 5.91 Å². The van der Waals surface area contributed by atoms with Crippen molar-refractivity contribution in [3.05, 3.63) is 101 Å². The third-order valence-corrected chi connectivity index (χ3v) is 5.83. The molecule has 0 heterocycles. The Labute approximate surface area is 226 Å². The fourth-order valence-corrected chi connectivity index (χ4v) is 3.65. The van der Waals surface area contributed by atoms with Crippen molar-refractivity contribution in [3.8, 4) is 11.8 Å². The zero-order valence-electron chi connectivity index (χ0n) is 21.2. The summed E-state index contributed by atoms with van der Waals surface area (Å²) in [7, 11) is 0. The fourth-order valence-electron chi connectivity index (χ4n) is 3.65. The van der Waals surface area contributed by atoms with Gasteiger partial charge < -0.3 is 26.6 Å². The number of hydrogen-bond acceptors (Lipinski definition) is 6. The molecule has 6 N–H and O–H groups in total. The molecule has 0 spiro atoms. The maximum Gasteiger partial charge on any atom is 0.251 e. The van der Waals surface area contributed by atoms with Gasteiger partial charge in [0.1, 0.15) is 24.7 Å². The maximum atomic E-state index is 13.0. The lowest BCUT2D eigenvalue weighted by Gasteiger charge is -2.19. The zero-order chi connectivity index (χ0) is 28.2. The van der Waals surface area contributed by atoms with Crippen LogP contribution in [0.4, 0.5) is 10.1 Å². The van der Waals surface area contributed by atoms with E-state index in [2.05, 4.69) is 22.5 Å². The average Bonchev–Trinajstić information content (AvgIpc) is 2.94. The highest BCUT2D eigenvalue weighted by Gasteiger charge is 2.25. The molecule has 2 atom stereocenters. The molecule has 0 aliphatic heterocycles. The molecule has 39 heavy (non-hydrogen) atoms. The van der Waals surface area contributed by atoms with Gasteiger partial charge in [-0.15, -0.1) is 0 Å². The summed E-state index contributed by atoms with van der Waals surface area (Å²) in [5.41, 5.74) is 8.62. The molecule has 8 nitrogen and oxygen atoms in total. The lowest BCUT2D eigenvalue weighted by molar-refractivity contribution is -0.126. The van der Waals surface area contributed by atoms with Gasteiger partial charge in [-0.2, -0.15) is 0 Å². The normalized spacial score (nSPS) is 12.0. The molecule has 3 aromatic carbocycles. The smallest absolute Gasteiger partial charge is 0.251 e. The van der Waals surface area contributed by atoms with Crippen molar-refractivity contribution in [3.63, 3.8) is 0 Å². The molecule has 0 radical (unpaired) electrons. The Kier molecular flexibility index (Phi) is 10.9. The van der Waals surface area contributed by atoms with E-state index in [-0.39, 0.29) is 17.3 Å². The number of aryl methyl sites for hydroxylation is 1. The number of halogens is 1. The van der Waals surface area contributed by atoms with Gasteiger partial charge in [0.05, 0.1) is 0 Å². The molecular formula is C30H30FN3O5. The summed E-state index contributed by atoms with van der Waals surface area (Å²) in [6.45, 7) is -0.860. The summed E-state index contributed by atoms with van der Waals surface area (Å²) in [6, 6.07) is 18.4. The standard InChI is InChI=1S/C30H30FN3O5/c31-24-15-9-20(10-16-24)3-1-2-4-27(37)33-25-17-11-22(12-18-25)6-5-21-7-13-23(14-8-21)30(39)34-28(29(32)38)26(36)19-35/h7-18,28-29,35,38H,1-4,19,32H2,(H,33,37)(H,34,39)/t28-,29+/m1/s1. The second-order valence-electron chi connectivity index (χ2n) is 8.85. The minimum absolute atomic E-state index is 0.0786. The number of ketones is 1. The first-order valence-corrected chi connectivity index (χ1v) is 12.4. The molecule has 9 heteroatoms. The van der Waals surface area contributed by atoms with Crippen LogP contribution in [0, 0.1) is 17.7 Å². The Morgan fingerprint density at radius 1 is 0.872 bits per heavy atom. The Hall–Kier alpha value is -4.36. The molecule has 2 amide bonds. The van der Waals surface area contributed by atoms with E-state index in [1.165, 1.54) is 24.3 Å². The van der Waals surface area contributed by atoms with Crippen LogP contribution in [-0.2, 0) is 16.0 Å². The van der Waals surface area contributed by atoms with Crippen LogP contribution in [-0.4, -0.2) is 46.7 Å². The van der Waals surface area contributed by atoms with Crippen LogP contribution in [0.5, 0.6) is 0 Å². The summed E-state index contributed by atoms with van der Waals surface area (Å²) in [6.07, 6.45) is 1.10. The molecule has 3 aromatic rings. The fraction of sp³-hybridized carbons (Fsp3) is 0.233. The maximum absolute atomic E-state index is 13.0. The molecule has 202 valence electrons. The predicted octanol–water partition coefficient (Wildman–Crippen LogP) is 2.51. The topological polar surface area (TPSA) is 142 Å². The number of benzene rings is 3.